The Bertz CT molecular complexity index is 3030. The van der Waals surface area contributed by atoms with E-state index in [2.05, 4.69) is 138 Å². The van der Waals surface area contributed by atoms with Crippen molar-refractivity contribution < 1.29 is 0 Å². The van der Waals surface area contributed by atoms with Crippen LogP contribution in [0, 0.1) is 13.8 Å². The first kappa shape index (κ1) is 28.1. The summed E-state index contributed by atoms with van der Waals surface area (Å²) < 4.78 is 6.94. The summed E-state index contributed by atoms with van der Waals surface area (Å²) in [5.41, 5.74) is 11.9. The van der Waals surface area contributed by atoms with Gasteiger partial charge in [0.05, 0.1) is 22.1 Å². The molecule has 0 unspecified atom stereocenters. The summed E-state index contributed by atoms with van der Waals surface area (Å²) in [4.78, 5) is 13.3. The van der Waals surface area contributed by atoms with Gasteiger partial charge in [-0.15, -0.1) is 11.3 Å². The maximum atomic E-state index is 13.3. The van der Waals surface area contributed by atoms with Gasteiger partial charge in [0.15, 0.2) is 5.43 Å². The number of aromatic nitrogens is 2. The van der Waals surface area contributed by atoms with Crippen LogP contribution in [0.3, 0.4) is 0 Å². The van der Waals surface area contributed by atoms with Crippen molar-refractivity contribution in [3.8, 4) is 22.5 Å². The molecule has 3 aromatic heterocycles. The van der Waals surface area contributed by atoms with E-state index >= 15 is 0 Å². The van der Waals surface area contributed by atoms with Gasteiger partial charge in [-0.05, 0) is 96.8 Å². The number of aryl methyl sites for hydroxylation is 2. The quantitative estimate of drug-likeness (QED) is 0.176. The first-order valence-electron chi connectivity index (χ1n) is 16.7. The number of hydrogen-bond acceptors (Lipinski definition) is 2. The molecule has 0 fully saturated rings. The smallest absolute Gasteiger partial charge is 0.195 e. The van der Waals surface area contributed by atoms with Crippen LogP contribution in [0.25, 0.3) is 86.3 Å². The van der Waals surface area contributed by atoms with Crippen molar-refractivity contribution in [3.63, 3.8) is 0 Å². The van der Waals surface area contributed by atoms with Crippen LogP contribution in [0.2, 0.25) is 0 Å². The fraction of sp³-hybridized carbons (Fsp3) is 0.0444. The molecule has 0 aliphatic heterocycles. The molecule has 0 spiro atoms. The van der Waals surface area contributed by atoms with Crippen LogP contribution in [0.15, 0.2) is 150 Å². The summed E-state index contributed by atoms with van der Waals surface area (Å²) in [6.45, 7) is 4.47. The lowest BCUT2D eigenvalue weighted by atomic mass is 10.0. The maximum Gasteiger partial charge on any atom is 0.195 e. The second kappa shape index (κ2) is 10.5. The lowest BCUT2D eigenvalue weighted by molar-refractivity contribution is 1.16. The molecule has 0 radical (unpaired) electrons. The van der Waals surface area contributed by atoms with Crippen molar-refractivity contribution in [3.05, 3.63) is 167 Å². The van der Waals surface area contributed by atoms with Gasteiger partial charge in [0.25, 0.3) is 0 Å². The number of benzene rings is 7. The van der Waals surface area contributed by atoms with Crippen LogP contribution in [-0.4, -0.2) is 9.13 Å². The topological polar surface area (TPSA) is 26.9 Å². The molecule has 0 bridgehead atoms. The molecule has 10 rings (SSSR count). The van der Waals surface area contributed by atoms with E-state index in [1.54, 1.807) is 11.3 Å². The highest BCUT2D eigenvalue weighted by Gasteiger charge is 2.23. The lowest BCUT2D eigenvalue weighted by Crippen LogP contribution is -2.00. The zero-order valence-electron chi connectivity index (χ0n) is 27.1. The summed E-state index contributed by atoms with van der Waals surface area (Å²) in [7, 11) is 0. The molecule has 3 heterocycles. The Kier molecular flexibility index (Phi) is 6.03. The summed E-state index contributed by atoms with van der Waals surface area (Å²) in [5, 5.41) is 6.59. The molecule has 0 N–H and O–H groups in total. The van der Waals surface area contributed by atoms with Gasteiger partial charge >= 0.3 is 0 Å². The molecule has 232 valence electrons. The average Bonchev–Trinajstić information content (AvgIpc) is 3.66. The van der Waals surface area contributed by atoms with Gasteiger partial charge in [-0.25, -0.2) is 0 Å². The van der Waals surface area contributed by atoms with Crippen molar-refractivity contribution in [2.75, 3.05) is 0 Å². The largest absolute Gasteiger partial charge is 0.309 e. The van der Waals surface area contributed by atoms with Gasteiger partial charge in [0, 0.05) is 53.1 Å². The Balaban J connectivity index is 1.28. The molecule has 0 aliphatic rings. The van der Waals surface area contributed by atoms with Gasteiger partial charge in [-0.3, -0.25) is 4.79 Å². The van der Waals surface area contributed by atoms with Crippen LogP contribution in [0.5, 0.6) is 0 Å². The molecular formula is C45H30N2OS. The number of fused-ring (bicyclic) bond motifs is 9. The molecule has 0 atom stereocenters. The highest BCUT2D eigenvalue weighted by molar-refractivity contribution is 7.24. The first-order chi connectivity index (χ1) is 24.1. The Labute approximate surface area is 286 Å². The van der Waals surface area contributed by atoms with Crippen molar-refractivity contribution in [1.29, 1.82) is 0 Å². The van der Waals surface area contributed by atoms with Crippen LogP contribution in [-0.2, 0) is 0 Å². The summed E-state index contributed by atoms with van der Waals surface area (Å²) >= 11 is 1.68. The summed E-state index contributed by atoms with van der Waals surface area (Å²) in [5.74, 6) is 0. The molecule has 3 nitrogen and oxygen atoms in total. The summed E-state index contributed by atoms with van der Waals surface area (Å²) in [6.07, 6.45) is 0. The third-order valence-corrected chi connectivity index (χ3v) is 11.2. The zero-order valence-corrected chi connectivity index (χ0v) is 27.9. The van der Waals surface area contributed by atoms with E-state index in [9.17, 15) is 4.79 Å². The van der Waals surface area contributed by atoms with E-state index in [4.69, 9.17) is 0 Å². The third kappa shape index (κ3) is 4.05. The highest BCUT2D eigenvalue weighted by Crippen LogP contribution is 2.44. The van der Waals surface area contributed by atoms with Crippen molar-refractivity contribution in [2.24, 2.45) is 0 Å². The van der Waals surface area contributed by atoms with Gasteiger partial charge in [0.2, 0.25) is 0 Å². The van der Waals surface area contributed by atoms with E-state index in [-0.39, 0.29) is 5.43 Å². The Morgan fingerprint density at radius 3 is 2.02 bits per heavy atom. The zero-order chi connectivity index (χ0) is 32.8. The number of para-hydroxylation sites is 3. The van der Waals surface area contributed by atoms with Crippen LogP contribution in [0.4, 0.5) is 0 Å². The molecule has 49 heavy (non-hydrogen) atoms. The standard InChI is InChI=1S/C45H30N2OS/c1-27-12-10-19-36-41-43(28(2)24-37-33-17-6-8-20-38(33)46(44(37)41)31-14-4-3-5-15-31)47(42(27)36)32-16-11-13-29(25-32)30-22-23-35-40(26-30)49-39-21-9-7-18-34(39)45(35)48/h3-26H,1-2H3. The first-order valence-corrected chi connectivity index (χ1v) is 17.5. The van der Waals surface area contributed by atoms with E-state index in [0.717, 1.165) is 42.7 Å². The van der Waals surface area contributed by atoms with Crippen molar-refractivity contribution in [1.82, 2.24) is 9.13 Å². The van der Waals surface area contributed by atoms with Gasteiger partial charge in [0.1, 0.15) is 0 Å². The molecular weight excluding hydrogens is 617 g/mol. The maximum absolute atomic E-state index is 13.3. The van der Waals surface area contributed by atoms with Gasteiger partial charge < -0.3 is 9.13 Å². The average molecular weight is 647 g/mol. The highest BCUT2D eigenvalue weighted by atomic mass is 32.1. The molecule has 10 aromatic rings. The Hall–Kier alpha value is -5.97. The van der Waals surface area contributed by atoms with E-state index in [1.807, 2.05) is 30.3 Å². The third-order valence-electron chi connectivity index (χ3n) is 10.1. The van der Waals surface area contributed by atoms with Crippen LogP contribution < -0.4 is 5.43 Å². The monoisotopic (exact) mass is 646 g/mol. The van der Waals surface area contributed by atoms with Crippen LogP contribution in [0.1, 0.15) is 11.1 Å². The van der Waals surface area contributed by atoms with Gasteiger partial charge in [-0.1, -0.05) is 84.9 Å². The Morgan fingerprint density at radius 1 is 0.449 bits per heavy atom. The van der Waals surface area contributed by atoms with Gasteiger partial charge in [-0.2, -0.15) is 0 Å². The minimum Gasteiger partial charge on any atom is -0.309 e. The second-order valence-corrected chi connectivity index (χ2v) is 14.1. The van der Waals surface area contributed by atoms with Crippen LogP contribution >= 0.6 is 11.3 Å². The van der Waals surface area contributed by atoms with E-state index < -0.39 is 0 Å². The predicted molar refractivity (Wildman–Crippen MR) is 209 cm³/mol. The normalized spacial score (nSPS) is 12.0. The van der Waals surface area contributed by atoms with E-state index in [0.29, 0.717) is 0 Å². The Morgan fingerprint density at radius 2 is 1.14 bits per heavy atom. The van der Waals surface area contributed by atoms with E-state index in [1.165, 1.54) is 54.7 Å². The molecule has 0 aliphatic carbocycles. The fourth-order valence-electron chi connectivity index (χ4n) is 7.97. The number of rotatable bonds is 3. The molecule has 0 amide bonds. The SMILES string of the molecule is Cc1cccc2c3c(c(C)cc4c5ccccc5n(-c5ccccc5)c43)n(-c3cccc(-c4ccc5c(=O)c6ccccc6sc5c4)c3)c12. The molecule has 0 saturated carbocycles. The number of hydrogen-bond donors (Lipinski definition) is 0. The molecule has 0 saturated heterocycles. The second-order valence-electron chi connectivity index (χ2n) is 13.0. The minimum absolute atomic E-state index is 0.0973. The minimum atomic E-state index is 0.0973. The lowest BCUT2D eigenvalue weighted by Gasteiger charge is -2.14. The fourth-order valence-corrected chi connectivity index (χ4v) is 9.08. The molecule has 7 aromatic carbocycles. The number of nitrogens with zero attached hydrogens (tertiary/aromatic N) is 2. The summed E-state index contributed by atoms with van der Waals surface area (Å²) in [6, 6.07) is 51.6. The van der Waals surface area contributed by atoms with Crippen molar-refractivity contribution in [2.45, 2.75) is 13.8 Å². The predicted octanol–water partition coefficient (Wildman–Crippen LogP) is 11.9. The van der Waals surface area contributed by atoms with Crippen molar-refractivity contribution >= 4 is 75.1 Å². The molecule has 4 heteroatoms.